The van der Waals surface area contributed by atoms with Crippen LogP contribution in [0.2, 0.25) is 0 Å². The predicted molar refractivity (Wildman–Crippen MR) is 123 cm³/mol. The van der Waals surface area contributed by atoms with Gasteiger partial charge in [-0.15, -0.1) is 0 Å². The first-order valence-electron chi connectivity index (χ1n) is 10.1. The highest BCUT2D eigenvalue weighted by atomic mass is 32.2. The molecule has 170 valence electrons. The number of amides is 1. The van der Waals surface area contributed by atoms with E-state index in [2.05, 4.69) is 5.32 Å². The number of aryl methyl sites for hydroxylation is 2. The summed E-state index contributed by atoms with van der Waals surface area (Å²) in [5.41, 5.74) is 3.41. The van der Waals surface area contributed by atoms with Crippen molar-refractivity contribution in [1.82, 2.24) is 5.32 Å². The smallest absolute Gasteiger partial charge is 0.232 e. The molecule has 0 fully saturated rings. The minimum Gasteiger partial charge on any atom is -0.497 e. The molecule has 0 heterocycles. The van der Waals surface area contributed by atoms with Crippen molar-refractivity contribution >= 4 is 21.6 Å². The number of benzene rings is 2. The molecule has 0 saturated carbocycles. The second-order valence-electron chi connectivity index (χ2n) is 7.68. The number of carbonyl (C=O) groups excluding carboxylic acids is 1. The maximum Gasteiger partial charge on any atom is 0.232 e. The number of anilines is 1. The zero-order valence-electron chi connectivity index (χ0n) is 19.1. The molecule has 0 aromatic heterocycles. The highest BCUT2D eigenvalue weighted by molar-refractivity contribution is 7.92. The Bertz CT molecular complexity index is 1000. The summed E-state index contributed by atoms with van der Waals surface area (Å²) in [6.45, 7) is 5.96. The van der Waals surface area contributed by atoms with Gasteiger partial charge >= 0.3 is 0 Å². The Balaban J connectivity index is 2.03. The van der Waals surface area contributed by atoms with Gasteiger partial charge in [0.1, 0.15) is 11.5 Å². The summed E-state index contributed by atoms with van der Waals surface area (Å²) in [6, 6.07) is 10.8. The lowest BCUT2D eigenvalue weighted by Gasteiger charge is -2.23. The summed E-state index contributed by atoms with van der Waals surface area (Å²) in [5.74, 6) is 1.17. The summed E-state index contributed by atoms with van der Waals surface area (Å²) >= 11 is 0. The third-order valence-corrected chi connectivity index (χ3v) is 6.13. The van der Waals surface area contributed by atoms with E-state index in [-0.39, 0.29) is 24.9 Å². The highest BCUT2D eigenvalue weighted by Gasteiger charge is 2.19. The zero-order valence-corrected chi connectivity index (χ0v) is 19.9. The average Bonchev–Trinajstić information content (AvgIpc) is 2.68. The van der Waals surface area contributed by atoms with Gasteiger partial charge in [-0.05, 0) is 68.7 Å². The van der Waals surface area contributed by atoms with Gasteiger partial charge in [-0.25, -0.2) is 8.42 Å². The molecule has 0 aliphatic rings. The van der Waals surface area contributed by atoms with Crippen LogP contribution in [0.25, 0.3) is 0 Å². The van der Waals surface area contributed by atoms with Crippen LogP contribution in [0.4, 0.5) is 5.69 Å². The molecule has 0 spiro atoms. The molecule has 31 heavy (non-hydrogen) atoms. The van der Waals surface area contributed by atoms with E-state index in [0.29, 0.717) is 23.6 Å². The minimum absolute atomic E-state index is 0.161. The Morgan fingerprint density at radius 2 is 1.71 bits per heavy atom. The van der Waals surface area contributed by atoms with Gasteiger partial charge in [0.05, 0.1) is 32.2 Å². The van der Waals surface area contributed by atoms with E-state index >= 15 is 0 Å². The lowest BCUT2D eigenvalue weighted by atomic mass is 10.1. The lowest BCUT2D eigenvalue weighted by Crippen LogP contribution is -2.32. The molecule has 0 bridgehead atoms. The topological polar surface area (TPSA) is 84.9 Å². The average molecular weight is 449 g/mol. The van der Waals surface area contributed by atoms with Crippen molar-refractivity contribution in [3.8, 4) is 11.5 Å². The molecule has 0 aliphatic heterocycles. The number of ether oxygens (including phenoxy) is 2. The van der Waals surface area contributed by atoms with Gasteiger partial charge in [0.15, 0.2) is 0 Å². The molecule has 0 aliphatic carbocycles. The van der Waals surface area contributed by atoms with E-state index in [1.807, 2.05) is 45.0 Å². The number of methoxy groups -OCH3 is 2. The van der Waals surface area contributed by atoms with E-state index in [1.54, 1.807) is 26.4 Å². The molecule has 8 heteroatoms. The number of rotatable bonds is 10. The van der Waals surface area contributed by atoms with Gasteiger partial charge in [-0.3, -0.25) is 9.10 Å². The van der Waals surface area contributed by atoms with Crippen molar-refractivity contribution < 1.29 is 22.7 Å². The second kappa shape index (κ2) is 10.5. The fraction of sp³-hybridized carbons (Fsp3) is 0.435. The van der Waals surface area contributed by atoms with Crippen molar-refractivity contribution in [3.63, 3.8) is 0 Å². The number of hydrogen-bond donors (Lipinski definition) is 1. The number of nitrogens with zero attached hydrogens (tertiary/aromatic N) is 1. The Kier molecular flexibility index (Phi) is 8.33. The van der Waals surface area contributed by atoms with Gasteiger partial charge in [0.25, 0.3) is 0 Å². The third kappa shape index (κ3) is 6.89. The first kappa shape index (κ1) is 24.5. The van der Waals surface area contributed by atoms with Crippen molar-refractivity contribution in [2.45, 2.75) is 39.7 Å². The normalized spacial score (nSPS) is 12.2. The molecule has 1 atom stereocenters. The van der Waals surface area contributed by atoms with Crippen LogP contribution in [0.5, 0.6) is 11.5 Å². The summed E-state index contributed by atoms with van der Waals surface area (Å²) in [6.07, 6.45) is 1.78. The van der Waals surface area contributed by atoms with Crippen LogP contribution in [-0.4, -0.2) is 41.3 Å². The van der Waals surface area contributed by atoms with Gasteiger partial charge in [-0.2, -0.15) is 0 Å². The Hall–Kier alpha value is -2.74. The highest BCUT2D eigenvalue weighted by Crippen LogP contribution is 2.29. The summed E-state index contributed by atoms with van der Waals surface area (Å²) in [4.78, 5) is 12.5. The van der Waals surface area contributed by atoms with Gasteiger partial charge in [0, 0.05) is 18.5 Å². The van der Waals surface area contributed by atoms with Crippen LogP contribution in [0.1, 0.15) is 42.5 Å². The summed E-state index contributed by atoms with van der Waals surface area (Å²) < 4.78 is 36.6. The number of hydrogen-bond acceptors (Lipinski definition) is 5. The van der Waals surface area contributed by atoms with Crippen molar-refractivity contribution in [3.05, 3.63) is 53.1 Å². The van der Waals surface area contributed by atoms with Gasteiger partial charge in [-0.1, -0.05) is 6.07 Å². The summed E-state index contributed by atoms with van der Waals surface area (Å²) in [7, 11) is -0.304. The van der Waals surface area contributed by atoms with E-state index in [9.17, 15) is 13.2 Å². The molecule has 1 amide bonds. The molecular formula is C23H32N2O5S. The van der Waals surface area contributed by atoms with Crippen LogP contribution in [0.3, 0.4) is 0 Å². The zero-order chi connectivity index (χ0) is 23.2. The summed E-state index contributed by atoms with van der Waals surface area (Å²) in [5, 5.41) is 2.95. The first-order chi connectivity index (χ1) is 14.5. The van der Waals surface area contributed by atoms with E-state index < -0.39 is 10.0 Å². The molecule has 2 rings (SSSR count). The molecule has 1 N–H and O–H groups in total. The molecule has 7 nitrogen and oxygen atoms in total. The predicted octanol–water partition coefficient (Wildman–Crippen LogP) is 3.74. The SMILES string of the molecule is COc1ccc(OC)c(C(C)NC(=O)CCCN(c2cc(C)cc(C)c2)S(C)(=O)=O)c1. The molecule has 2 aromatic rings. The van der Waals surface area contributed by atoms with Crippen LogP contribution < -0.4 is 19.1 Å². The van der Waals surface area contributed by atoms with Crippen molar-refractivity contribution in [2.24, 2.45) is 0 Å². The fourth-order valence-corrected chi connectivity index (χ4v) is 4.48. The first-order valence-corrected chi connectivity index (χ1v) is 12.0. The Morgan fingerprint density at radius 1 is 1.06 bits per heavy atom. The van der Waals surface area contributed by atoms with Crippen LogP contribution in [-0.2, 0) is 14.8 Å². The number of nitrogens with one attached hydrogen (secondary N) is 1. The number of carbonyl (C=O) groups is 1. The van der Waals surface area contributed by atoms with E-state index in [4.69, 9.17) is 9.47 Å². The van der Waals surface area contributed by atoms with Crippen LogP contribution >= 0.6 is 0 Å². The Morgan fingerprint density at radius 3 is 2.26 bits per heavy atom. The third-order valence-electron chi connectivity index (χ3n) is 4.94. The van der Waals surface area contributed by atoms with E-state index in [1.165, 1.54) is 10.6 Å². The maximum absolute atomic E-state index is 12.5. The lowest BCUT2D eigenvalue weighted by molar-refractivity contribution is -0.121. The molecule has 0 radical (unpaired) electrons. The van der Waals surface area contributed by atoms with Gasteiger partial charge in [0.2, 0.25) is 15.9 Å². The minimum atomic E-state index is -3.46. The monoisotopic (exact) mass is 448 g/mol. The van der Waals surface area contributed by atoms with Crippen molar-refractivity contribution in [2.75, 3.05) is 31.3 Å². The van der Waals surface area contributed by atoms with Crippen LogP contribution in [0.15, 0.2) is 36.4 Å². The Labute approximate surface area is 185 Å². The standard InChI is InChI=1S/C23H32N2O5S/c1-16-12-17(2)14-19(13-16)25(31(6,27)28)11-7-8-23(26)24-18(3)21-15-20(29-4)9-10-22(21)30-5/h9-10,12-15,18H,7-8,11H2,1-6H3,(H,24,26). The largest absolute Gasteiger partial charge is 0.497 e. The molecule has 1 unspecified atom stereocenters. The maximum atomic E-state index is 12.5. The van der Waals surface area contributed by atoms with Crippen molar-refractivity contribution in [1.29, 1.82) is 0 Å². The molecule has 2 aromatic carbocycles. The quantitative estimate of drug-likeness (QED) is 0.598. The second-order valence-corrected chi connectivity index (χ2v) is 9.59. The fourth-order valence-electron chi connectivity index (χ4n) is 3.53. The van der Waals surface area contributed by atoms with Gasteiger partial charge < -0.3 is 14.8 Å². The van der Waals surface area contributed by atoms with E-state index in [0.717, 1.165) is 16.7 Å². The number of sulfonamides is 1. The molecular weight excluding hydrogens is 416 g/mol. The molecule has 0 saturated heterocycles. The van der Waals surface area contributed by atoms with Crippen LogP contribution in [0, 0.1) is 13.8 Å².